The van der Waals surface area contributed by atoms with E-state index in [1.165, 1.54) is 0 Å². The molecule has 0 saturated carbocycles. The lowest BCUT2D eigenvalue weighted by Crippen LogP contribution is -2.27. The van der Waals surface area contributed by atoms with Gasteiger partial charge in [-0.05, 0) is 42.8 Å². The van der Waals surface area contributed by atoms with E-state index in [4.69, 9.17) is 4.52 Å². The number of rotatable bonds is 3. The van der Waals surface area contributed by atoms with Gasteiger partial charge in [0.1, 0.15) is 0 Å². The molecular weight excluding hydrogens is 358 g/mol. The SMILES string of the molecule is Cc1cc(Br)ccc1N(C)C(=O)c1cc(-c2cccnc2)on1. The second-order valence-corrected chi connectivity index (χ2v) is 6.03. The van der Waals surface area contributed by atoms with Crippen LogP contribution < -0.4 is 4.90 Å². The van der Waals surface area contributed by atoms with Crippen LogP contribution in [-0.4, -0.2) is 23.1 Å². The zero-order valence-electron chi connectivity index (χ0n) is 12.7. The van der Waals surface area contributed by atoms with Gasteiger partial charge in [-0.2, -0.15) is 0 Å². The van der Waals surface area contributed by atoms with Crippen molar-refractivity contribution in [2.75, 3.05) is 11.9 Å². The number of nitrogens with zero attached hydrogens (tertiary/aromatic N) is 3. The second kappa shape index (κ2) is 6.34. The third-order valence-electron chi connectivity index (χ3n) is 3.50. The van der Waals surface area contributed by atoms with Gasteiger partial charge >= 0.3 is 0 Å². The maximum absolute atomic E-state index is 12.6. The summed E-state index contributed by atoms with van der Waals surface area (Å²) in [5.74, 6) is 0.289. The van der Waals surface area contributed by atoms with Crippen molar-refractivity contribution >= 4 is 27.5 Å². The summed E-state index contributed by atoms with van der Waals surface area (Å²) in [6.07, 6.45) is 3.34. The zero-order chi connectivity index (χ0) is 16.4. The molecule has 6 heteroatoms. The largest absolute Gasteiger partial charge is 0.355 e. The molecule has 3 aromatic rings. The Kier molecular flexibility index (Phi) is 4.25. The molecule has 0 atom stereocenters. The van der Waals surface area contributed by atoms with Crippen LogP contribution in [0.4, 0.5) is 5.69 Å². The Labute approximate surface area is 142 Å². The molecule has 23 heavy (non-hydrogen) atoms. The number of hydrogen-bond donors (Lipinski definition) is 0. The fraction of sp³-hybridized carbons (Fsp3) is 0.118. The Morgan fingerprint density at radius 2 is 2.09 bits per heavy atom. The molecule has 0 aliphatic carbocycles. The Morgan fingerprint density at radius 1 is 1.26 bits per heavy atom. The number of benzene rings is 1. The number of hydrogen-bond acceptors (Lipinski definition) is 4. The summed E-state index contributed by atoms with van der Waals surface area (Å²) in [6.45, 7) is 1.95. The molecule has 0 saturated heterocycles. The van der Waals surface area contributed by atoms with Gasteiger partial charge in [0.25, 0.3) is 5.91 Å². The molecule has 0 unspecified atom stereocenters. The molecule has 0 aliphatic heterocycles. The van der Waals surface area contributed by atoms with Crippen molar-refractivity contribution in [2.24, 2.45) is 0 Å². The summed E-state index contributed by atoms with van der Waals surface area (Å²) in [5.41, 5.74) is 2.85. The Balaban J connectivity index is 1.87. The molecule has 2 heterocycles. The standard InChI is InChI=1S/C17H14BrN3O2/c1-11-8-13(18)5-6-15(11)21(2)17(22)14-9-16(23-20-14)12-4-3-7-19-10-12/h3-10H,1-2H3. The van der Waals surface area contributed by atoms with E-state index in [0.717, 1.165) is 21.3 Å². The second-order valence-electron chi connectivity index (χ2n) is 5.11. The van der Waals surface area contributed by atoms with Crippen LogP contribution in [0, 0.1) is 6.92 Å². The molecular formula is C17H14BrN3O2. The molecule has 0 fully saturated rings. The Hall–Kier alpha value is -2.47. The number of amides is 1. The van der Waals surface area contributed by atoms with Crippen molar-refractivity contribution in [3.05, 3.63) is 64.5 Å². The Morgan fingerprint density at radius 3 is 2.78 bits per heavy atom. The molecule has 1 amide bonds. The van der Waals surface area contributed by atoms with Crippen LogP contribution in [-0.2, 0) is 0 Å². The normalized spacial score (nSPS) is 10.6. The lowest BCUT2D eigenvalue weighted by Gasteiger charge is -2.18. The van der Waals surface area contributed by atoms with Crippen molar-refractivity contribution in [3.8, 4) is 11.3 Å². The monoisotopic (exact) mass is 371 g/mol. The quantitative estimate of drug-likeness (QED) is 0.695. The van der Waals surface area contributed by atoms with E-state index in [2.05, 4.69) is 26.1 Å². The van der Waals surface area contributed by atoms with Crippen LogP contribution >= 0.6 is 15.9 Å². The van der Waals surface area contributed by atoms with Crippen LogP contribution in [0.25, 0.3) is 11.3 Å². The predicted molar refractivity (Wildman–Crippen MR) is 91.3 cm³/mol. The van der Waals surface area contributed by atoms with Gasteiger partial charge in [-0.1, -0.05) is 21.1 Å². The van der Waals surface area contributed by atoms with Crippen molar-refractivity contribution < 1.29 is 9.32 Å². The molecule has 0 aliphatic rings. The first-order valence-corrected chi connectivity index (χ1v) is 7.77. The highest BCUT2D eigenvalue weighted by Gasteiger charge is 2.20. The summed E-state index contributed by atoms with van der Waals surface area (Å²) in [5, 5.41) is 3.88. The van der Waals surface area contributed by atoms with E-state index in [1.54, 1.807) is 36.5 Å². The number of aryl methyl sites for hydroxylation is 1. The van der Waals surface area contributed by atoms with Gasteiger partial charge in [0, 0.05) is 41.2 Å². The maximum atomic E-state index is 12.6. The summed E-state index contributed by atoms with van der Waals surface area (Å²) in [6, 6.07) is 11.0. The van der Waals surface area contributed by atoms with Crippen molar-refractivity contribution in [2.45, 2.75) is 6.92 Å². The van der Waals surface area contributed by atoms with E-state index in [-0.39, 0.29) is 11.6 Å². The number of aromatic nitrogens is 2. The van der Waals surface area contributed by atoms with Gasteiger partial charge in [-0.3, -0.25) is 9.78 Å². The van der Waals surface area contributed by atoms with Gasteiger partial charge < -0.3 is 9.42 Å². The van der Waals surface area contributed by atoms with Crippen LogP contribution in [0.1, 0.15) is 16.1 Å². The van der Waals surface area contributed by atoms with Gasteiger partial charge in [0.2, 0.25) is 0 Å². The third kappa shape index (κ3) is 3.17. The van der Waals surface area contributed by atoms with Crippen molar-refractivity contribution in [3.63, 3.8) is 0 Å². The van der Waals surface area contributed by atoms with Crippen LogP contribution in [0.2, 0.25) is 0 Å². The maximum Gasteiger partial charge on any atom is 0.280 e. The van der Waals surface area contributed by atoms with E-state index >= 15 is 0 Å². The molecule has 0 N–H and O–H groups in total. The minimum Gasteiger partial charge on any atom is -0.355 e. The minimum absolute atomic E-state index is 0.227. The lowest BCUT2D eigenvalue weighted by molar-refractivity contribution is 0.0984. The zero-order valence-corrected chi connectivity index (χ0v) is 14.2. The Bertz CT molecular complexity index is 846. The summed E-state index contributed by atoms with van der Waals surface area (Å²) < 4.78 is 6.23. The van der Waals surface area contributed by atoms with Crippen LogP contribution in [0.15, 0.2) is 57.8 Å². The minimum atomic E-state index is -0.227. The summed E-state index contributed by atoms with van der Waals surface area (Å²) in [7, 11) is 1.72. The summed E-state index contributed by atoms with van der Waals surface area (Å²) in [4.78, 5) is 18.2. The fourth-order valence-electron chi connectivity index (χ4n) is 2.30. The average molecular weight is 372 g/mol. The van der Waals surface area contributed by atoms with E-state index < -0.39 is 0 Å². The van der Waals surface area contributed by atoms with Crippen LogP contribution in [0.5, 0.6) is 0 Å². The topological polar surface area (TPSA) is 59.2 Å². The number of carbonyl (C=O) groups is 1. The smallest absolute Gasteiger partial charge is 0.280 e. The lowest BCUT2D eigenvalue weighted by atomic mass is 10.1. The fourth-order valence-corrected chi connectivity index (χ4v) is 2.77. The first kappa shape index (κ1) is 15.4. The molecule has 5 nitrogen and oxygen atoms in total. The van der Waals surface area contributed by atoms with E-state index in [1.807, 2.05) is 31.2 Å². The van der Waals surface area contributed by atoms with Crippen molar-refractivity contribution in [1.29, 1.82) is 0 Å². The number of carbonyl (C=O) groups excluding carboxylic acids is 1. The van der Waals surface area contributed by atoms with Gasteiger partial charge in [-0.15, -0.1) is 0 Å². The average Bonchev–Trinajstić information content (AvgIpc) is 3.04. The first-order chi connectivity index (χ1) is 11.1. The highest BCUT2D eigenvalue weighted by atomic mass is 79.9. The van der Waals surface area contributed by atoms with Gasteiger partial charge in [0.15, 0.2) is 11.5 Å². The highest BCUT2D eigenvalue weighted by Crippen LogP contribution is 2.25. The molecule has 1 aromatic carbocycles. The number of pyridine rings is 1. The number of halogens is 1. The van der Waals surface area contributed by atoms with Gasteiger partial charge in [-0.25, -0.2) is 0 Å². The van der Waals surface area contributed by atoms with Crippen molar-refractivity contribution in [1.82, 2.24) is 10.1 Å². The van der Waals surface area contributed by atoms with E-state index in [9.17, 15) is 4.79 Å². The predicted octanol–water partition coefficient (Wildman–Crippen LogP) is 4.08. The molecule has 2 aromatic heterocycles. The van der Waals surface area contributed by atoms with Gasteiger partial charge in [0.05, 0.1) is 0 Å². The molecule has 3 rings (SSSR count). The molecule has 116 valence electrons. The first-order valence-electron chi connectivity index (χ1n) is 6.97. The molecule has 0 radical (unpaired) electrons. The number of anilines is 1. The third-order valence-corrected chi connectivity index (χ3v) is 3.99. The highest BCUT2D eigenvalue weighted by molar-refractivity contribution is 9.10. The molecule has 0 spiro atoms. The summed E-state index contributed by atoms with van der Waals surface area (Å²) >= 11 is 3.42. The van der Waals surface area contributed by atoms with Crippen LogP contribution in [0.3, 0.4) is 0 Å². The van der Waals surface area contributed by atoms with E-state index in [0.29, 0.717) is 5.76 Å². The molecule has 0 bridgehead atoms.